The molecule has 6 heteroatoms. The average Bonchev–Trinajstić information content (AvgIpc) is 2.45. The Bertz CT molecular complexity index is 847. The number of hydrogen-bond donors (Lipinski definition) is 1. The zero-order valence-corrected chi connectivity index (χ0v) is 14.5. The lowest BCUT2D eigenvalue weighted by Crippen LogP contribution is -2.32. The van der Waals surface area contributed by atoms with E-state index >= 15 is 0 Å². The van der Waals surface area contributed by atoms with Gasteiger partial charge in [0.2, 0.25) is 0 Å². The van der Waals surface area contributed by atoms with Crippen LogP contribution in [0.5, 0.6) is 5.75 Å². The fraction of sp³-hybridized carbons (Fsp3) is 0.294. The largest absolute Gasteiger partial charge is 0.488 e. The summed E-state index contributed by atoms with van der Waals surface area (Å²) in [7, 11) is -3.66. The highest BCUT2D eigenvalue weighted by atomic mass is 35.5. The Morgan fingerprint density at radius 3 is 2.70 bits per heavy atom. The number of anilines is 1. The molecule has 0 atom stereocenters. The predicted octanol–water partition coefficient (Wildman–Crippen LogP) is 4.24. The molecule has 0 saturated heterocycles. The maximum Gasteiger partial charge on any atom is 0.261 e. The Hall–Kier alpha value is -1.72. The number of halogens is 1. The zero-order valence-electron chi connectivity index (χ0n) is 13.0. The fourth-order valence-corrected chi connectivity index (χ4v) is 3.86. The molecule has 0 amide bonds. The lowest BCUT2D eigenvalue weighted by atomic mass is 9.94. The summed E-state index contributed by atoms with van der Waals surface area (Å²) in [5, 5.41) is 0.478. The number of nitrogens with one attached hydrogen (secondary N) is 1. The Labute approximate surface area is 141 Å². The van der Waals surface area contributed by atoms with Crippen LogP contribution in [0, 0.1) is 0 Å². The molecule has 0 bridgehead atoms. The summed E-state index contributed by atoms with van der Waals surface area (Å²) < 4.78 is 33.5. The van der Waals surface area contributed by atoms with Crippen LogP contribution in [0.25, 0.3) is 0 Å². The first-order valence-corrected chi connectivity index (χ1v) is 9.22. The fourth-order valence-electron chi connectivity index (χ4n) is 2.57. The van der Waals surface area contributed by atoms with E-state index in [0.717, 1.165) is 24.2 Å². The number of hydrogen-bond acceptors (Lipinski definition) is 3. The number of fused-ring (bicyclic) bond motifs is 1. The van der Waals surface area contributed by atoms with Crippen molar-refractivity contribution in [1.29, 1.82) is 0 Å². The minimum atomic E-state index is -3.66. The first-order chi connectivity index (χ1) is 10.8. The number of rotatable bonds is 3. The summed E-state index contributed by atoms with van der Waals surface area (Å²) in [6.45, 7) is 4.06. The second-order valence-corrected chi connectivity index (χ2v) is 8.37. The van der Waals surface area contributed by atoms with Gasteiger partial charge < -0.3 is 4.74 Å². The van der Waals surface area contributed by atoms with Gasteiger partial charge in [-0.25, -0.2) is 8.42 Å². The lowest BCUT2D eigenvalue weighted by molar-refractivity contribution is 0.0845. The van der Waals surface area contributed by atoms with Crippen molar-refractivity contribution in [3.8, 4) is 5.75 Å². The van der Waals surface area contributed by atoms with E-state index in [-0.39, 0.29) is 10.5 Å². The van der Waals surface area contributed by atoms with Crippen LogP contribution < -0.4 is 9.46 Å². The van der Waals surface area contributed by atoms with Crippen LogP contribution in [-0.2, 0) is 16.4 Å². The van der Waals surface area contributed by atoms with Gasteiger partial charge in [-0.2, -0.15) is 0 Å². The van der Waals surface area contributed by atoms with Gasteiger partial charge in [-0.1, -0.05) is 17.7 Å². The van der Waals surface area contributed by atoms with Crippen molar-refractivity contribution < 1.29 is 13.2 Å². The molecule has 0 spiro atoms. The molecule has 4 nitrogen and oxygen atoms in total. The maximum absolute atomic E-state index is 12.5. The second-order valence-electron chi connectivity index (χ2n) is 6.25. The quantitative estimate of drug-likeness (QED) is 0.899. The van der Waals surface area contributed by atoms with E-state index in [0.29, 0.717) is 10.7 Å². The van der Waals surface area contributed by atoms with Crippen LogP contribution in [0.2, 0.25) is 5.02 Å². The average molecular weight is 352 g/mol. The van der Waals surface area contributed by atoms with Crippen molar-refractivity contribution in [2.45, 2.75) is 37.2 Å². The number of ether oxygens (including phenoxy) is 1. The highest BCUT2D eigenvalue weighted by Gasteiger charge is 2.27. The summed E-state index contributed by atoms with van der Waals surface area (Å²) in [5.74, 6) is 0.753. The SMILES string of the molecule is CC1(C)CCc2cc(S(=O)(=O)Nc3cccc(Cl)c3)ccc2O1. The van der Waals surface area contributed by atoms with Crippen molar-refractivity contribution in [2.75, 3.05) is 4.72 Å². The van der Waals surface area contributed by atoms with Crippen molar-refractivity contribution in [3.05, 3.63) is 53.1 Å². The molecule has 3 rings (SSSR count). The number of aryl methyl sites for hydroxylation is 1. The van der Waals surface area contributed by atoms with Crippen LogP contribution in [0.4, 0.5) is 5.69 Å². The van der Waals surface area contributed by atoms with Crippen LogP contribution in [-0.4, -0.2) is 14.0 Å². The molecule has 0 unspecified atom stereocenters. The molecule has 1 N–H and O–H groups in total. The molecule has 0 aliphatic carbocycles. The number of benzene rings is 2. The minimum Gasteiger partial charge on any atom is -0.488 e. The summed E-state index contributed by atoms with van der Waals surface area (Å²) >= 11 is 5.89. The van der Waals surface area contributed by atoms with Gasteiger partial charge in [0, 0.05) is 5.02 Å². The smallest absolute Gasteiger partial charge is 0.261 e. The van der Waals surface area contributed by atoms with E-state index in [1.807, 2.05) is 13.8 Å². The van der Waals surface area contributed by atoms with E-state index in [9.17, 15) is 8.42 Å². The standard InChI is InChI=1S/C17H18ClNO3S/c1-17(2)9-8-12-10-15(6-7-16(12)22-17)23(20,21)19-14-5-3-4-13(18)11-14/h3-7,10-11,19H,8-9H2,1-2H3. The molecule has 0 radical (unpaired) electrons. The Kier molecular flexibility index (Phi) is 4.02. The second kappa shape index (κ2) is 5.73. The molecular formula is C17H18ClNO3S. The van der Waals surface area contributed by atoms with Crippen LogP contribution in [0.1, 0.15) is 25.8 Å². The van der Waals surface area contributed by atoms with Crippen molar-refractivity contribution in [1.82, 2.24) is 0 Å². The predicted molar refractivity (Wildman–Crippen MR) is 91.7 cm³/mol. The molecular weight excluding hydrogens is 334 g/mol. The van der Waals surface area contributed by atoms with E-state index in [1.165, 1.54) is 0 Å². The number of sulfonamides is 1. The van der Waals surface area contributed by atoms with Gasteiger partial charge in [-0.3, -0.25) is 4.72 Å². The molecule has 1 aliphatic heterocycles. The van der Waals surface area contributed by atoms with Gasteiger partial charge in [0.1, 0.15) is 11.4 Å². The third kappa shape index (κ3) is 3.62. The molecule has 23 heavy (non-hydrogen) atoms. The van der Waals surface area contributed by atoms with Crippen molar-refractivity contribution >= 4 is 27.3 Å². The summed E-state index contributed by atoms with van der Waals surface area (Å²) in [6.07, 6.45) is 1.65. The molecule has 0 fully saturated rings. The maximum atomic E-state index is 12.5. The Balaban J connectivity index is 1.89. The third-order valence-electron chi connectivity index (χ3n) is 3.80. The molecule has 1 aliphatic rings. The van der Waals surface area contributed by atoms with Crippen LogP contribution >= 0.6 is 11.6 Å². The first-order valence-electron chi connectivity index (χ1n) is 7.36. The van der Waals surface area contributed by atoms with E-state index in [2.05, 4.69) is 4.72 Å². The minimum absolute atomic E-state index is 0.216. The van der Waals surface area contributed by atoms with Gasteiger partial charge in [0.05, 0.1) is 10.6 Å². The Morgan fingerprint density at radius 2 is 1.96 bits per heavy atom. The highest BCUT2D eigenvalue weighted by molar-refractivity contribution is 7.92. The Morgan fingerprint density at radius 1 is 1.17 bits per heavy atom. The first kappa shape index (κ1) is 16.1. The summed E-state index contributed by atoms with van der Waals surface area (Å²) in [6, 6.07) is 11.6. The monoisotopic (exact) mass is 351 g/mol. The molecule has 2 aromatic carbocycles. The van der Waals surface area contributed by atoms with Crippen LogP contribution in [0.15, 0.2) is 47.4 Å². The zero-order chi connectivity index (χ0) is 16.7. The highest BCUT2D eigenvalue weighted by Crippen LogP contribution is 2.34. The molecule has 0 saturated carbocycles. The van der Waals surface area contributed by atoms with Gasteiger partial charge >= 0.3 is 0 Å². The molecule has 0 aromatic heterocycles. The van der Waals surface area contributed by atoms with E-state index in [4.69, 9.17) is 16.3 Å². The van der Waals surface area contributed by atoms with Gasteiger partial charge in [-0.15, -0.1) is 0 Å². The molecule has 2 aromatic rings. The van der Waals surface area contributed by atoms with E-state index in [1.54, 1.807) is 42.5 Å². The third-order valence-corrected chi connectivity index (χ3v) is 5.42. The van der Waals surface area contributed by atoms with Crippen molar-refractivity contribution in [2.24, 2.45) is 0 Å². The van der Waals surface area contributed by atoms with Crippen LogP contribution in [0.3, 0.4) is 0 Å². The lowest BCUT2D eigenvalue weighted by Gasteiger charge is -2.32. The molecule has 122 valence electrons. The van der Waals surface area contributed by atoms with Gasteiger partial charge in [-0.05, 0) is 68.7 Å². The molecule has 1 heterocycles. The normalized spacial score (nSPS) is 16.3. The summed E-state index contributed by atoms with van der Waals surface area (Å²) in [4.78, 5) is 0.222. The van der Waals surface area contributed by atoms with Gasteiger partial charge in [0.25, 0.3) is 10.0 Å². The van der Waals surface area contributed by atoms with E-state index < -0.39 is 10.0 Å². The van der Waals surface area contributed by atoms with Crippen molar-refractivity contribution in [3.63, 3.8) is 0 Å². The van der Waals surface area contributed by atoms with Gasteiger partial charge in [0.15, 0.2) is 0 Å². The topological polar surface area (TPSA) is 55.4 Å². The summed E-state index contributed by atoms with van der Waals surface area (Å²) in [5.41, 5.74) is 1.14.